The van der Waals surface area contributed by atoms with E-state index in [0.29, 0.717) is 144 Å². The predicted octanol–water partition coefficient (Wildman–Crippen LogP) is 10.5. The number of fused-ring (bicyclic) bond motifs is 5. The number of para-hydroxylation sites is 1. The lowest BCUT2D eigenvalue weighted by Gasteiger charge is -2.37. The van der Waals surface area contributed by atoms with E-state index in [9.17, 15) is 72.0 Å². The molecule has 7 unspecified atom stereocenters. The van der Waals surface area contributed by atoms with Crippen molar-refractivity contribution in [2.45, 2.75) is 180 Å². The molecule has 31 nitrogen and oxygen atoms in total. The minimum Gasteiger partial charge on any atom is -0.341 e. The fourth-order valence-corrected chi connectivity index (χ4v) is 23.5. The van der Waals surface area contributed by atoms with Gasteiger partial charge in [-0.1, -0.05) is 153 Å². The van der Waals surface area contributed by atoms with Gasteiger partial charge in [0.05, 0.1) is 19.6 Å². The minimum atomic E-state index is -4.01. The largest absolute Gasteiger partial charge is 0.341 e. The van der Waals surface area contributed by atoms with Gasteiger partial charge in [-0.2, -0.15) is 18.9 Å². The van der Waals surface area contributed by atoms with Crippen molar-refractivity contribution in [3.05, 3.63) is 287 Å². The molecule has 712 valence electrons. The van der Waals surface area contributed by atoms with E-state index < -0.39 is 64.3 Å². The average Bonchev–Trinajstić information content (AvgIpc) is 1.70. The van der Waals surface area contributed by atoms with E-state index in [1.807, 2.05) is 157 Å². The summed E-state index contributed by atoms with van der Waals surface area (Å²) in [4.78, 5) is 119. The van der Waals surface area contributed by atoms with Crippen LogP contribution in [0.1, 0.15) is 122 Å². The molecule has 7 atom stereocenters. The number of nitrogens with zero attached hydrogens (tertiary/aromatic N) is 7. The van der Waals surface area contributed by atoms with Crippen molar-refractivity contribution in [2.75, 3.05) is 83.4 Å². The second-order valence-electron chi connectivity index (χ2n) is 35.7. The molecule has 9 heterocycles. The number of aromatic nitrogens is 2. The predicted molar refractivity (Wildman–Crippen MR) is 518 cm³/mol. The first-order valence-corrected chi connectivity index (χ1v) is 52.0. The lowest BCUT2D eigenvalue weighted by atomic mass is 9.91. The van der Waals surface area contributed by atoms with Crippen LogP contribution in [0, 0.1) is 11.8 Å². The highest BCUT2D eigenvalue weighted by Gasteiger charge is 2.40. The number of amides is 8. The number of benzene rings is 9. The first-order valence-electron chi connectivity index (χ1n) is 46.1. The molecule has 8 aliphatic heterocycles. The third-order valence-corrected chi connectivity index (χ3v) is 31.2. The van der Waals surface area contributed by atoms with Crippen molar-refractivity contribution < 1.29 is 72.0 Å². The zero-order chi connectivity index (χ0) is 95.8. The number of carbonyl (C=O) groups excluding carboxylic acids is 8. The Morgan fingerprint density at radius 2 is 0.654 bits per heavy atom. The van der Waals surface area contributed by atoms with E-state index in [0.717, 1.165) is 87.9 Å². The average molecular weight is 1920 g/mol. The number of piperidine rings is 2. The van der Waals surface area contributed by atoms with E-state index in [1.54, 1.807) is 86.6 Å². The fraction of sp³-hybridized carbons (Fsp3) is 0.347. The molecule has 3 saturated heterocycles. The molecule has 1 aromatic heterocycles. The Bertz CT molecular complexity index is 6510. The van der Waals surface area contributed by atoms with Gasteiger partial charge in [0, 0.05) is 125 Å². The second kappa shape index (κ2) is 43.9. The Labute approximate surface area is 794 Å². The summed E-state index contributed by atoms with van der Waals surface area (Å²) >= 11 is 0. The van der Waals surface area contributed by atoms with Gasteiger partial charge in [-0.15, -0.1) is 0 Å². The summed E-state index contributed by atoms with van der Waals surface area (Å²) in [6.45, 7) is 10.8. The van der Waals surface area contributed by atoms with Crippen molar-refractivity contribution in [3.8, 4) is 0 Å². The molecule has 0 bridgehead atoms. The summed E-state index contributed by atoms with van der Waals surface area (Å²) in [6, 6.07) is 62.0. The molecule has 0 radical (unpaired) electrons. The molecule has 0 saturated carbocycles. The maximum atomic E-state index is 13.9. The van der Waals surface area contributed by atoms with Crippen LogP contribution in [0.15, 0.2) is 256 Å². The number of carbonyl (C=O) groups is 8. The lowest BCUT2D eigenvalue weighted by Crippen LogP contribution is -2.55. The summed E-state index contributed by atoms with van der Waals surface area (Å²) in [7, 11) is -15.9. The van der Waals surface area contributed by atoms with Gasteiger partial charge in [-0.05, 0) is 237 Å². The van der Waals surface area contributed by atoms with Gasteiger partial charge < -0.3 is 45.8 Å². The highest BCUT2D eigenvalue weighted by Crippen LogP contribution is 2.36. The van der Waals surface area contributed by atoms with E-state index in [1.165, 1.54) is 24.3 Å². The fourth-order valence-electron chi connectivity index (χ4n) is 18.5. The molecule has 8 amide bonds. The third-order valence-electron chi connectivity index (χ3n) is 25.4. The van der Waals surface area contributed by atoms with Crippen molar-refractivity contribution in [2.24, 2.45) is 11.8 Å². The summed E-state index contributed by atoms with van der Waals surface area (Å²) in [6.07, 6.45) is 12.3. The van der Waals surface area contributed by atoms with Crippen LogP contribution < -0.4 is 50.0 Å². The summed E-state index contributed by atoms with van der Waals surface area (Å²) in [5.41, 5.74) is 11.0. The Balaban J connectivity index is 0.000000138. The molecule has 18 rings (SSSR count). The summed E-state index contributed by atoms with van der Waals surface area (Å²) in [5, 5.41) is 11.1. The Morgan fingerprint density at radius 1 is 0.346 bits per heavy atom. The molecule has 8 aliphatic rings. The topological polar surface area (TPSA) is 411 Å². The summed E-state index contributed by atoms with van der Waals surface area (Å²) in [5.74, 6) is 0.124. The smallest absolute Gasteiger partial charge is 0.245 e. The number of rotatable bonds is 25. The molecular formula is C101H113N15O16S4. The maximum absolute atomic E-state index is 13.9. The minimum absolute atomic E-state index is 0.0688. The van der Waals surface area contributed by atoms with Crippen LogP contribution in [0.3, 0.4) is 0 Å². The molecule has 9 aromatic carbocycles. The molecular weight excluding hydrogens is 1810 g/mol. The van der Waals surface area contributed by atoms with Gasteiger partial charge in [-0.3, -0.25) is 38.4 Å². The molecule has 8 N–H and O–H groups in total. The number of hydrogen-bond acceptors (Lipinski definition) is 19. The van der Waals surface area contributed by atoms with Crippen molar-refractivity contribution in [1.29, 1.82) is 0 Å². The third kappa shape index (κ3) is 25.1. The van der Waals surface area contributed by atoms with Crippen molar-refractivity contribution in [1.82, 2.24) is 43.6 Å². The molecule has 0 spiro atoms. The standard InChI is InChI=1S/C27H27N3O4S.C26H28N6O4S.C25H31N3O4S.C23H27N3O4S/c1-18-15-21-9-5-6-10-25(21)30(18)27(32)24(16-19-7-3-2-4-8-19)29-35(33,34)22-12-13-23-20(17-22)11-14-26(31)28-23;33-24-10-7-20-18-21(8-9-22(20)29-24)37(35,36)30-23(17-19-5-2-1-3-6-19)25(34)31-13-15-32(16-14-31)26-27-11-4-12-28-26;1-17-12-18(2)16-28(15-17)25(30)23(13-19-6-4-3-5-7-19)27-33(31,32)21-9-10-22-20(14-21)8-11-24(29)26-22;27-22-12-9-18-16-19(10-11-20(18)24-22)31(29,30)25-21(15-17-7-3-1-4-8-17)23(28)26-13-5-2-6-14-26/h2-10,12-13,17-18,24,29H,11,14-16H2,1H3,(H,28,31);1-6,8-9,11-12,18,23,30H,7,10,13-17H2,(H,29,33);3-7,9-10,14,17-18,23,27H,8,11-13,15-16H2,1-2H3,(H,26,29);1,3-4,7-8,10-11,16,21,25H,2,5-6,9,12-15H2,(H,24,27). The number of hydrogen-bond donors (Lipinski definition) is 8. The van der Waals surface area contributed by atoms with Crippen LogP contribution in [0.2, 0.25) is 0 Å². The number of piperazine rings is 1. The van der Waals surface area contributed by atoms with Gasteiger partial charge in [0.1, 0.15) is 24.2 Å². The quantitative estimate of drug-likeness (QED) is 0.0263. The van der Waals surface area contributed by atoms with Gasteiger partial charge in [0.15, 0.2) is 0 Å². The van der Waals surface area contributed by atoms with Crippen LogP contribution in [0.5, 0.6) is 0 Å². The van der Waals surface area contributed by atoms with E-state index in [-0.39, 0.29) is 98.6 Å². The Morgan fingerprint density at radius 3 is 1.00 bits per heavy atom. The van der Waals surface area contributed by atoms with Gasteiger partial charge in [0.2, 0.25) is 93.3 Å². The molecule has 136 heavy (non-hydrogen) atoms. The van der Waals surface area contributed by atoms with E-state index in [2.05, 4.69) is 64.0 Å². The lowest BCUT2D eigenvalue weighted by molar-refractivity contribution is -0.136. The van der Waals surface area contributed by atoms with Gasteiger partial charge in [0.25, 0.3) is 0 Å². The second-order valence-corrected chi connectivity index (χ2v) is 42.6. The molecule has 0 aliphatic carbocycles. The SMILES string of the molecule is CC1CC(C)CN(C(=O)C(Cc2ccccc2)NS(=O)(=O)c2ccc3c(c2)CCC(=O)N3)C1.CC1Cc2ccccc2N1C(=O)C(Cc1ccccc1)NS(=O)(=O)c1ccc2c(c1)CCC(=O)N2.O=C1CCc2cc(S(=O)(=O)NC(Cc3ccccc3)C(=O)N3CCCCC3)ccc2N1.O=C1CCc2cc(S(=O)(=O)NC(Cc3ccccc3)C(=O)N3CCN(c4ncccn4)CC3)ccc2N1. The van der Waals surface area contributed by atoms with Gasteiger partial charge >= 0.3 is 0 Å². The molecule has 10 aromatic rings. The van der Waals surface area contributed by atoms with Crippen molar-refractivity contribution >= 4 is 122 Å². The monoisotopic (exact) mass is 1920 g/mol. The Kier molecular flexibility index (Phi) is 31.6. The van der Waals surface area contributed by atoms with E-state index in [4.69, 9.17) is 0 Å². The van der Waals surface area contributed by atoms with Crippen LogP contribution in [0.25, 0.3) is 0 Å². The number of sulfonamides is 4. The maximum Gasteiger partial charge on any atom is 0.245 e. The van der Waals surface area contributed by atoms with Crippen LogP contribution >= 0.6 is 0 Å². The van der Waals surface area contributed by atoms with Gasteiger partial charge in [-0.25, -0.2) is 43.6 Å². The number of nitrogens with one attached hydrogen (secondary N) is 8. The van der Waals surface area contributed by atoms with Crippen molar-refractivity contribution in [3.63, 3.8) is 0 Å². The Hall–Kier alpha value is -12.7. The van der Waals surface area contributed by atoms with E-state index >= 15 is 0 Å². The number of aryl methyl sites for hydroxylation is 4. The first kappa shape index (κ1) is 97.8. The normalized spacial score (nSPS) is 18.4. The molecule has 3 fully saturated rings. The zero-order valence-electron chi connectivity index (χ0n) is 76.0. The first-order chi connectivity index (χ1) is 65.3. The zero-order valence-corrected chi connectivity index (χ0v) is 79.3. The van der Waals surface area contributed by atoms with Crippen LogP contribution in [-0.2, 0) is 136 Å². The highest BCUT2D eigenvalue weighted by molar-refractivity contribution is 7.90. The summed E-state index contributed by atoms with van der Waals surface area (Å²) < 4.78 is 118. The number of likely N-dealkylation sites (tertiary alicyclic amines) is 2. The van der Waals surface area contributed by atoms with Crippen LogP contribution in [-0.4, -0.2) is 188 Å². The number of anilines is 6. The molecule has 35 heteroatoms. The van der Waals surface area contributed by atoms with Crippen LogP contribution in [0.4, 0.5) is 34.4 Å². The highest BCUT2D eigenvalue weighted by atomic mass is 32.2.